The summed E-state index contributed by atoms with van der Waals surface area (Å²) in [4.78, 5) is 25.7. The van der Waals surface area contributed by atoms with Crippen molar-refractivity contribution in [3.8, 4) is 0 Å². The summed E-state index contributed by atoms with van der Waals surface area (Å²) >= 11 is 0. The van der Waals surface area contributed by atoms with Crippen molar-refractivity contribution < 1.29 is 18.7 Å². The molecule has 4 unspecified atom stereocenters. The molecule has 0 aliphatic carbocycles. The molecule has 1 N–H and O–H groups in total. The van der Waals surface area contributed by atoms with Gasteiger partial charge >= 0.3 is 5.97 Å². The number of rotatable bonds is 6. The highest BCUT2D eigenvalue weighted by Crippen LogP contribution is 2.45. The van der Waals surface area contributed by atoms with Gasteiger partial charge in [-0.2, -0.15) is 5.10 Å². The molecule has 2 aromatic carbocycles. The Hall–Kier alpha value is -3.01. The van der Waals surface area contributed by atoms with E-state index >= 15 is 0 Å². The minimum absolute atomic E-state index is 0.242. The molecule has 0 fully saturated rings. The molecule has 182 valence electrons. The standard InChI is InChI=1S/C26H29N3O4P2/c1-15-5-7-19(16(2)11-15)24-23(17-9-10-33-14-17)26(3,25(31)27-13-22(30)32-4)29(28-24)20-8-6-18(34)12-21(20)35/h5-12,14,23H,13,34-35H2,1-4H3,(H,27,31). The summed E-state index contributed by atoms with van der Waals surface area (Å²) in [5.41, 5.74) is 4.27. The van der Waals surface area contributed by atoms with E-state index in [0.29, 0.717) is 0 Å². The largest absolute Gasteiger partial charge is 0.472 e. The molecule has 3 aromatic rings. The van der Waals surface area contributed by atoms with Gasteiger partial charge in [-0.25, -0.2) is 5.01 Å². The third-order valence-electron chi connectivity index (χ3n) is 6.38. The maximum absolute atomic E-state index is 13.9. The lowest BCUT2D eigenvalue weighted by molar-refractivity contribution is -0.141. The van der Waals surface area contributed by atoms with Gasteiger partial charge in [0.2, 0.25) is 5.91 Å². The van der Waals surface area contributed by atoms with Gasteiger partial charge in [-0.15, -0.1) is 18.5 Å². The number of anilines is 1. The van der Waals surface area contributed by atoms with Gasteiger partial charge in [0.25, 0.3) is 0 Å². The van der Waals surface area contributed by atoms with Crippen LogP contribution in [0, 0.1) is 13.8 Å². The van der Waals surface area contributed by atoms with Crippen LogP contribution >= 0.6 is 18.5 Å². The van der Waals surface area contributed by atoms with Crippen LogP contribution in [-0.2, 0) is 14.3 Å². The van der Waals surface area contributed by atoms with E-state index in [1.807, 2.05) is 57.2 Å². The third kappa shape index (κ3) is 4.63. The average Bonchev–Trinajstić information content (AvgIpc) is 3.44. The SMILES string of the molecule is COC(=O)CNC(=O)C1(C)C(c2ccoc2)C(c2ccc(C)cc2C)=NN1c1ccc(P)cc1P. The molecule has 1 aromatic heterocycles. The molecule has 1 aliphatic heterocycles. The first kappa shape index (κ1) is 25.1. The third-order valence-corrected chi connectivity index (χ3v) is 7.20. The highest BCUT2D eigenvalue weighted by Gasteiger charge is 2.55. The molecule has 9 heteroatoms. The molecule has 0 saturated heterocycles. The second-order valence-corrected chi connectivity index (χ2v) is 10.1. The van der Waals surface area contributed by atoms with Crippen molar-refractivity contribution in [3.05, 3.63) is 77.2 Å². The molecule has 7 nitrogen and oxygen atoms in total. The molecule has 35 heavy (non-hydrogen) atoms. The van der Waals surface area contributed by atoms with Crippen LogP contribution in [0.15, 0.2) is 64.5 Å². The fraction of sp³-hybridized carbons (Fsp3) is 0.269. The first-order valence-corrected chi connectivity index (χ1v) is 12.3. The Morgan fingerprint density at radius 3 is 2.57 bits per heavy atom. The van der Waals surface area contributed by atoms with Crippen LogP contribution in [0.1, 0.15) is 35.1 Å². The number of nitrogens with zero attached hydrogens (tertiary/aromatic N) is 2. The minimum atomic E-state index is -1.21. The van der Waals surface area contributed by atoms with E-state index in [1.54, 1.807) is 17.5 Å². The number of carbonyl (C=O) groups excluding carboxylic acids is 2. The number of furan rings is 1. The van der Waals surface area contributed by atoms with Crippen molar-refractivity contribution in [2.45, 2.75) is 32.2 Å². The molecule has 0 bridgehead atoms. The lowest BCUT2D eigenvalue weighted by Crippen LogP contribution is -2.58. The quantitative estimate of drug-likeness (QED) is 0.408. The van der Waals surface area contributed by atoms with Crippen molar-refractivity contribution in [2.24, 2.45) is 5.10 Å². The zero-order valence-corrected chi connectivity index (χ0v) is 22.5. The monoisotopic (exact) mass is 509 g/mol. The lowest BCUT2D eigenvalue weighted by atomic mass is 9.75. The van der Waals surface area contributed by atoms with Crippen LogP contribution < -0.4 is 20.9 Å². The van der Waals surface area contributed by atoms with Gasteiger partial charge in [0.15, 0.2) is 5.54 Å². The molecular weight excluding hydrogens is 480 g/mol. The highest BCUT2D eigenvalue weighted by atomic mass is 31.0. The van der Waals surface area contributed by atoms with Crippen LogP contribution in [0.3, 0.4) is 0 Å². The van der Waals surface area contributed by atoms with E-state index in [-0.39, 0.29) is 12.5 Å². The minimum Gasteiger partial charge on any atom is -0.472 e. The Morgan fingerprint density at radius 1 is 1.17 bits per heavy atom. The number of hydrogen-bond acceptors (Lipinski definition) is 6. The number of ether oxygens (including phenoxy) is 1. The van der Waals surface area contributed by atoms with Gasteiger partial charge < -0.3 is 14.5 Å². The van der Waals surface area contributed by atoms with Crippen LogP contribution in [0.5, 0.6) is 0 Å². The molecule has 4 atom stereocenters. The Morgan fingerprint density at radius 2 is 1.94 bits per heavy atom. The first-order chi connectivity index (χ1) is 16.7. The zero-order chi connectivity index (χ0) is 25.3. The smallest absolute Gasteiger partial charge is 0.325 e. The summed E-state index contributed by atoms with van der Waals surface area (Å²) in [6, 6.07) is 13.9. The Kier molecular flexibility index (Phi) is 7.12. The molecule has 4 rings (SSSR count). The number of hydrogen-bond donors (Lipinski definition) is 1. The summed E-state index contributed by atoms with van der Waals surface area (Å²) in [7, 11) is 6.70. The Bertz CT molecular complexity index is 1310. The molecule has 2 heterocycles. The van der Waals surface area contributed by atoms with Gasteiger partial charge in [0.05, 0.1) is 37.0 Å². The topological polar surface area (TPSA) is 84.1 Å². The van der Waals surface area contributed by atoms with E-state index in [4.69, 9.17) is 14.3 Å². The van der Waals surface area contributed by atoms with Crippen LogP contribution in [0.4, 0.5) is 5.69 Å². The number of hydrazone groups is 1. The van der Waals surface area contributed by atoms with Gasteiger partial charge in [0, 0.05) is 11.1 Å². The summed E-state index contributed by atoms with van der Waals surface area (Å²) in [5, 5.41) is 11.5. The summed E-state index contributed by atoms with van der Waals surface area (Å²) in [6.07, 6.45) is 3.24. The molecule has 0 spiro atoms. The van der Waals surface area contributed by atoms with E-state index in [1.165, 1.54) is 7.11 Å². The van der Waals surface area contributed by atoms with E-state index in [9.17, 15) is 9.59 Å². The second kappa shape index (κ2) is 9.93. The first-order valence-electron chi connectivity index (χ1n) is 11.2. The van der Waals surface area contributed by atoms with Crippen molar-refractivity contribution in [3.63, 3.8) is 0 Å². The number of aryl methyl sites for hydroxylation is 2. The summed E-state index contributed by atoms with van der Waals surface area (Å²) in [5.74, 6) is -1.35. The van der Waals surface area contributed by atoms with Crippen molar-refractivity contribution in [2.75, 3.05) is 18.7 Å². The predicted molar refractivity (Wildman–Crippen MR) is 145 cm³/mol. The fourth-order valence-electron chi connectivity index (χ4n) is 4.59. The van der Waals surface area contributed by atoms with Crippen molar-refractivity contribution in [1.29, 1.82) is 0 Å². The second-order valence-electron chi connectivity index (χ2n) is 8.83. The Balaban J connectivity index is 1.93. The van der Waals surface area contributed by atoms with Crippen LogP contribution in [-0.4, -0.2) is 36.8 Å². The number of esters is 1. The van der Waals surface area contributed by atoms with Gasteiger partial charge in [-0.05, 0) is 55.1 Å². The number of methoxy groups -OCH3 is 1. The number of benzene rings is 2. The summed E-state index contributed by atoms with van der Waals surface area (Å²) in [6.45, 7) is 5.69. The summed E-state index contributed by atoms with van der Waals surface area (Å²) < 4.78 is 10.2. The Labute approximate surface area is 209 Å². The van der Waals surface area contributed by atoms with E-state index < -0.39 is 17.4 Å². The van der Waals surface area contributed by atoms with Gasteiger partial charge in [-0.3, -0.25) is 9.59 Å². The highest BCUT2D eigenvalue weighted by molar-refractivity contribution is 7.29. The number of amides is 1. The molecule has 0 radical (unpaired) electrons. The van der Waals surface area contributed by atoms with E-state index in [0.717, 1.165) is 44.3 Å². The molecule has 1 amide bonds. The van der Waals surface area contributed by atoms with Crippen molar-refractivity contribution in [1.82, 2.24) is 5.32 Å². The maximum Gasteiger partial charge on any atom is 0.325 e. The van der Waals surface area contributed by atoms with Crippen LogP contribution in [0.25, 0.3) is 0 Å². The van der Waals surface area contributed by atoms with Crippen molar-refractivity contribution >= 4 is 52.4 Å². The average molecular weight is 509 g/mol. The number of carbonyl (C=O) groups is 2. The predicted octanol–water partition coefficient (Wildman–Crippen LogP) is 2.95. The fourth-order valence-corrected chi connectivity index (χ4v) is 5.47. The lowest BCUT2D eigenvalue weighted by Gasteiger charge is -2.37. The number of nitrogens with one attached hydrogen (secondary N) is 1. The van der Waals surface area contributed by atoms with E-state index in [2.05, 4.69) is 29.9 Å². The molecular formula is C26H29N3O4P2. The maximum atomic E-state index is 13.9. The van der Waals surface area contributed by atoms with Crippen LogP contribution in [0.2, 0.25) is 0 Å². The van der Waals surface area contributed by atoms with Gasteiger partial charge in [0.1, 0.15) is 6.54 Å². The molecule has 0 saturated carbocycles. The molecule has 1 aliphatic rings. The van der Waals surface area contributed by atoms with Gasteiger partial charge in [-0.1, -0.05) is 29.8 Å². The normalized spacial score (nSPS) is 19.4. The zero-order valence-electron chi connectivity index (χ0n) is 20.2.